The molecular formula is C58H66ClN15O10. The molecule has 0 unspecified atom stereocenters. The number of carbonyl (C=O) groups excluding carboxylic acids is 3. The van der Waals surface area contributed by atoms with E-state index in [2.05, 4.69) is 93.9 Å². The molecule has 0 aliphatic rings. The first-order valence-corrected chi connectivity index (χ1v) is 27.6. The van der Waals surface area contributed by atoms with Gasteiger partial charge in [-0.1, -0.05) is 41.1 Å². The van der Waals surface area contributed by atoms with Gasteiger partial charge in [0.1, 0.15) is 17.4 Å². The van der Waals surface area contributed by atoms with Gasteiger partial charge in [-0.25, -0.2) is 14.8 Å². The number of aromatic hydroxyl groups is 1. The zero-order chi connectivity index (χ0) is 59.4. The fraction of sp³-hybridized carbons (Fsp3) is 0.345. The average Bonchev–Trinajstić information content (AvgIpc) is 2.10. The highest BCUT2D eigenvalue weighted by molar-refractivity contribution is 6.35. The second-order valence-electron chi connectivity index (χ2n) is 19.4. The van der Waals surface area contributed by atoms with Crippen molar-refractivity contribution in [1.82, 2.24) is 60.8 Å². The molecule has 3 amide bonds. The van der Waals surface area contributed by atoms with Crippen LogP contribution in [-0.4, -0.2) is 144 Å². The van der Waals surface area contributed by atoms with Crippen molar-refractivity contribution in [3.8, 4) is 17.0 Å². The number of pyridine rings is 2. The maximum atomic E-state index is 13.0. The molecule has 0 fully saturated rings. The van der Waals surface area contributed by atoms with E-state index in [1.54, 1.807) is 29.1 Å². The maximum Gasteiger partial charge on any atom is 0.326 e. The minimum absolute atomic E-state index is 0.103. The number of halogens is 1. The Bertz CT molecular complexity index is 3560. The molecule has 0 bridgehead atoms. The number of carboxylic acid groups (broad SMARTS) is 1. The molecule has 5 heterocycles. The molecule has 3 aromatic carbocycles. The normalized spacial score (nSPS) is 11.6. The van der Waals surface area contributed by atoms with Crippen LogP contribution in [0.2, 0.25) is 5.02 Å². The number of carbonyl (C=O) groups is 4. The van der Waals surface area contributed by atoms with Crippen LogP contribution in [0.1, 0.15) is 74.7 Å². The van der Waals surface area contributed by atoms with E-state index in [1.807, 2.05) is 37.4 Å². The number of nitrogens with one attached hydrogen (secondary N) is 5. The quantitative estimate of drug-likeness (QED) is 0.0211. The molecule has 0 spiro atoms. The molecule has 0 aliphatic carbocycles. The van der Waals surface area contributed by atoms with Crippen LogP contribution >= 0.6 is 11.6 Å². The topological polar surface area (TPSA) is 340 Å². The summed E-state index contributed by atoms with van der Waals surface area (Å²) < 4.78 is 24.0. The number of nitrogen functional groups attached to an aromatic ring is 1. The van der Waals surface area contributed by atoms with Crippen LogP contribution in [0.25, 0.3) is 33.2 Å². The van der Waals surface area contributed by atoms with Crippen molar-refractivity contribution in [3.05, 3.63) is 136 Å². The van der Waals surface area contributed by atoms with Gasteiger partial charge in [0.2, 0.25) is 17.7 Å². The predicted octanol–water partition coefficient (Wildman–Crippen LogP) is 6.40. The smallest absolute Gasteiger partial charge is 0.326 e. The van der Waals surface area contributed by atoms with Crippen LogP contribution in [0.4, 0.5) is 23.0 Å². The van der Waals surface area contributed by atoms with Gasteiger partial charge in [-0.2, -0.15) is 9.97 Å². The number of carboxylic acids is 1. The molecule has 5 aromatic heterocycles. The van der Waals surface area contributed by atoms with Crippen molar-refractivity contribution in [2.24, 2.45) is 0 Å². The summed E-state index contributed by atoms with van der Waals surface area (Å²) in [5, 5.41) is 44.3. The SMILES string of the molecule is Cc1ccc(C)c(Nc2c(Cl)c(C)nc3ccc(-c4ccc(C(=O)NCCCCn5cc(COCCOCCOCCOCCNC(=O)CC[C@H](NC(=O)c6ccc(NCc7cnc8nc(N)nc(O)c8n7)cc6)C(=O)O)nn5)nc4)cc23)c1. The minimum atomic E-state index is -1.29. The number of aromatic nitrogens is 9. The monoisotopic (exact) mass is 1170 g/mol. The van der Waals surface area contributed by atoms with E-state index in [0.29, 0.717) is 80.5 Å². The first kappa shape index (κ1) is 61.1. The summed E-state index contributed by atoms with van der Waals surface area (Å²) in [6, 6.07) is 20.9. The molecule has 8 rings (SSSR count). The van der Waals surface area contributed by atoms with Gasteiger partial charge in [0.15, 0.2) is 11.2 Å². The van der Waals surface area contributed by atoms with Crippen LogP contribution in [0, 0.1) is 20.8 Å². The zero-order valence-electron chi connectivity index (χ0n) is 46.7. The van der Waals surface area contributed by atoms with Gasteiger partial charge >= 0.3 is 5.97 Å². The molecule has 0 saturated heterocycles. The molecule has 8 aromatic rings. The average molecular weight is 1170 g/mol. The Morgan fingerprint density at radius 3 is 2.25 bits per heavy atom. The van der Waals surface area contributed by atoms with Gasteiger partial charge in [-0.15, -0.1) is 5.10 Å². The number of unbranched alkanes of at least 4 members (excludes halogenated alkanes) is 1. The second-order valence-corrected chi connectivity index (χ2v) is 19.8. The molecule has 9 N–H and O–H groups in total. The Hall–Kier alpha value is -9.01. The Kier molecular flexibility index (Phi) is 22.1. The van der Waals surface area contributed by atoms with Gasteiger partial charge < -0.3 is 61.5 Å². The van der Waals surface area contributed by atoms with Crippen LogP contribution in [0.3, 0.4) is 0 Å². The lowest BCUT2D eigenvalue weighted by Gasteiger charge is -2.16. The van der Waals surface area contributed by atoms with Crippen molar-refractivity contribution in [1.29, 1.82) is 0 Å². The van der Waals surface area contributed by atoms with E-state index in [9.17, 15) is 29.4 Å². The van der Waals surface area contributed by atoms with Gasteiger partial charge in [0.25, 0.3) is 11.8 Å². The lowest BCUT2D eigenvalue weighted by atomic mass is 10.0. The summed E-state index contributed by atoms with van der Waals surface area (Å²) in [7, 11) is 0. The predicted molar refractivity (Wildman–Crippen MR) is 314 cm³/mol. The third kappa shape index (κ3) is 17.7. The van der Waals surface area contributed by atoms with E-state index in [0.717, 1.165) is 63.1 Å². The lowest BCUT2D eigenvalue weighted by molar-refractivity contribution is -0.139. The summed E-state index contributed by atoms with van der Waals surface area (Å²) in [5.41, 5.74) is 15.5. The standard InChI is InChI=1S/C58H66ClN15O10/c1-35-6-7-36(2)48(28-35)68-51-44-29-39(10-14-45(44)66-37(3)50(51)59)40-11-15-46(64-30-40)55(77)62-18-4-5-20-74-33-43(72-73-74)34-84-27-26-83-25-24-82-23-22-81-21-19-61-49(75)17-16-47(57(79)80)69-54(76)38-8-12-41(13-9-38)63-31-42-32-65-53-52(67-42)56(78)71-58(60)70-53/h6-15,28-30,32-33,47,63H,4-5,16-27,31,34H2,1-3H3,(H,61,75)(H,62,77)(H,66,68)(H,69,76)(H,79,80)(H3,60,65,70,71,78)/t47-/m0/s1. The number of ether oxygens (including phenoxy) is 4. The van der Waals surface area contributed by atoms with Crippen LogP contribution in [0.5, 0.6) is 5.88 Å². The summed E-state index contributed by atoms with van der Waals surface area (Å²) in [6.07, 6.45) is 6.26. The van der Waals surface area contributed by atoms with Crippen molar-refractivity contribution < 1.29 is 48.3 Å². The Balaban J connectivity index is 0.609. The number of nitrogens with two attached hydrogens (primary N) is 1. The zero-order valence-corrected chi connectivity index (χ0v) is 47.4. The molecule has 25 nitrogen and oxygen atoms in total. The number of nitrogens with zero attached hydrogens (tertiary/aromatic N) is 9. The molecule has 26 heteroatoms. The molecule has 440 valence electrons. The number of hydrogen-bond donors (Lipinski definition) is 8. The number of amides is 3. The third-order valence-electron chi connectivity index (χ3n) is 13.0. The molecule has 84 heavy (non-hydrogen) atoms. The maximum absolute atomic E-state index is 13.0. The second kappa shape index (κ2) is 30.3. The minimum Gasteiger partial charge on any atom is -0.492 e. The van der Waals surface area contributed by atoms with Gasteiger partial charge in [-0.3, -0.25) is 29.0 Å². The van der Waals surface area contributed by atoms with Gasteiger partial charge in [-0.05, 0) is 105 Å². The van der Waals surface area contributed by atoms with Gasteiger partial charge in [0.05, 0.1) is 99.4 Å². The Morgan fingerprint density at radius 2 is 1.50 bits per heavy atom. The molecule has 0 saturated carbocycles. The Labute approximate surface area is 488 Å². The lowest BCUT2D eigenvalue weighted by Crippen LogP contribution is -2.41. The fourth-order valence-corrected chi connectivity index (χ4v) is 8.69. The van der Waals surface area contributed by atoms with Crippen LogP contribution in [-0.2, 0) is 48.2 Å². The number of aliphatic carboxylic acids is 1. The van der Waals surface area contributed by atoms with E-state index in [4.69, 9.17) is 41.3 Å². The van der Waals surface area contributed by atoms with Crippen molar-refractivity contribution in [2.75, 3.05) is 75.7 Å². The van der Waals surface area contributed by atoms with Crippen molar-refractivity contribution in [2.45, 2.75) is 72.2 Å². The Morgan fingerprint density at radius 1 is 0.750 bits per heavy atom. The van der Waals surface area contributed by atoms with E-state index in [-0.39, 0.29) is 79.5 Å². The summed E-state index contributed by atoms with van der Waals surface area (Å²) in [5.74, 6) is -3.03. The third-order valence-corrected chi connectivity index (χ3v) is 13.5. The van der Waals surface area contributed by atoms with E-state index >= 15 is 0 Å². The number of rotatable bonds is 32. The van der Waals surface area contributed by atoms with Crippen molar-refractivity contribution in [3.63, 3.8) is 0 Å². The highest BCUT2D eigenvalue weighted by Gasteiger charge is 2.22. The number of benzene rings is 3. The number of hydrogen-bond acceptors (Lipinski definition) is 20. The number of aryl methyl sites for hydroxylation is 4. The molecular weight excluding hydrogens is 1100 g/mol. The van der Waals surface area contributed by atoms with Gasteiger partial charge in [0, 0.05) is 60.1 Å². The van der Waals surface area contributed by atoms with E-state index in [1.165, 1.54) is 18.3 Å². The molecule has 0 aliphatic heterocycles. The number of fused-ring (bicyclic) bond motifs is 2. The number of anilines is 4. The van der Waals surface area contributed by atoms with Crippen molar-refractivity contribution >= 4 is 80.4 Å². The molecule has 1 atom stereocenters. The first-order chi connectivity index (χ1) is 40.7. The van der Waals surface area contributed by atoms with Crippen LogP contribution in [0.15, 0.2) is 91.4 Å². The summed E-state index contributed by atoms with van der Waals surface area (Å²) in [4.78, 5) is 75.4. The summed E-state index contributed by atoms with van der Waals surface area (Å²) >= 11 is 6.83. The highest BCUT2D eigenvalue weighted by atomic mass is 35.5. The van der Waals surface area contributed by atoms with E-state index < -0.39 is 17.9 Å². The summed E-state index contributed by atoms with van der Waals surface area (Å²) in [6.45, 7) is 10.1. The highest BCUT2D eigenvalue weighted by Crippen LogP contribution is 2.37. The first-order valence-electron chi connectivity index (χ1n) is 27.2. The largest absolute Gasteiger partial charge is 0.492 e. The molecule has 0 radical (unpaired) electrons. The fourth-order valence-electron chi connectivity index (χ4n) is 8.50. The van der Waals surface area contributed by atoms with Crippen LogP contribution < -0.4 is 32.3 Å².